The molecule has 108 valence electrons. The van der Waals surface area contributed by atoms with Crippen LogP contribution in [0.15, 0.2) is 0 Å². The lowest BCUT2D eigenvalue weighted by Crippen LogP contribution is -2.38. The summed E-state index contributed by atoms with van der Waals surface area (Å²) in [5.74, 6) is 2.91. The van der Waals surface area contributed by atoms with Gasteiger partial charge in [-0.05, 0) is 36.9 Å². The van der Waals surface area contributed by atoms with Gasteiger partial charge < -0.3 is 5.73 Å². The number of hydrogen-bond acceptors (Lipinski definition) is 2. The quantitative estimate of drug-likeness (QED) is 0.708. The topological polar surface area (TPSA) is 26.0 Å². The summed E-state index contributed by atoms with van der Waals surface area (Å²) < 4.78 is 0. The van der Waals surface area contributed by atoms with Crippen LogP contribution >= 0.6 is 12.6 Å². The van der Waals surface area contributed by atoms with Crippen molar-refractivity contribution in [3.05, 3.63) is 0 Å². The Morgan fingerprint density at radius 1 is 0.944 bits per heavy atom. The van der Waals surface area contributed by atoms with Crippen molar-refractivity contribution in [3.8, 4) is 0 Å². The van der Waals surface area contributed by atoms with Gasteiger partial charge in [0.05, 0.1) is 0 Å². The lowest BCUT2D eigenvalue weighted by Gasteiger charge is -2.37. The van der Waals surface area contributed by atoms with Gasteiger partial charge in [-0.3, -0.25) is 0 Å². The van der Waals surface area contributed by atoms with Crippen LogP contribution in [0.25, 0.3) is 0 Å². The highest BCUT2D eigenvalue weighted by atomic mass is 32.1. The summed E-state index contributed by atoms with van der Waals surface area (Å²) in [4.78, 5) is 0. The molecule has 0 amide bonds. The molecular formula is C16H33NS. The van der Waals surface area contributed by atoms with Crippen LogP contribution in [0, 0.1) is 11.8 Å². The lowest BCUT2D eigenvalue weighted by atomic mass is 9.71. The van der Waals surface area contributed by atoms with E-state index in [-0.39, 0.29) is 0 Å². The average molecular weight is 272 g/mol. The summed E-state index contributed by atoms with van der Waals surface area (Å²) in [5.41, 5.74) is 6.21. The van der Waals surface area contributed by atoms with Crippen molar-refractivity contribution in [2.45, 2.75) is 83.6 Å². The van der Waals surface area contributed by atoms with E-state index < -0.39 is 0 Å². The van der Waals surface area contributed by atoms with Crippen LogP contribution in [-0.2, 0) is 0 Å². The van der Waals surface area contributed by atoms with Gasteiger partial charge in [-0.15, -0.1) is 0 Å². The molecule has 2 heteroatoms. The van der Waals surface area contributed by atoms with Crippen molar-refractivity contribution in [2.75, 3.05) is 5.75 Å². The van der Waals surface area contributed by atoms with E-state index in [0.717, 1.165) is 17.6 Å². The van der Waals surface area contributed by atoms with Gasteiger partial charge in [0, 0.05) is 6.04 Å². The fourth-order valence-corrected chi connectivity index (χ4v) is 3.81. The van der Waals surface area contributed by atoms with E-state index in [2.05, 4.69) is 19.6 Å². The van der Waals surface area contributed by atoms with Crippen molar-refractivity contribution in [3.63, 3.8) is 0 Å². The first-order chi connectivity index (χ1) is 8.79. The SMILES string of the molecule is CCCCS.NC1CCCCC1C1CCCCC1. The van der Waals surface area contributed by atoms with Gasteiger partial charge in [0.25, 0.3) is 0 Å². The van der Waals surface area contributed by atoms with Gasteiger partial charge in [0.15, 0.2) is 0 Å². The van der Waals surface area contributed by atoms with Crippen molar-refractivity contribution < 1.29 is 0 Å². The first-order valence-electron chi connectivity index (χ1n) is 8.16. The molecular weight excluding hydrogens is 238 g/mol. The predicted molar refractivity (Wildman–Crippen MR) is 85.3 cm³/mol. The standard InChI is InChI=1S/C12H23N.C4H10S/c13-12-9-5-4-8-11(12)10-6-2-1-3-7-10;1-2-3-4-5/h10-12H,1-9,13H2;5H,2-4H2,1H3. The largest absolute Gasteiger partial charge is 0.327 e. The monoisotopic (exact) mass is 271 g/mol. The molecule has 2 aliphatic rings. The van der Waals surface area contributed by atoms with E-state index in [9.17, 15) is 0 Å². The summed E-state index contributed by atoms with van der Waals surface area (Å²) >= 11 is 4.00. The summed E-state index contributed by atoms with van der Waals surface area (Å²) in [7, 11) is 0. The van der Waals surface area contributed by atoms with E-state index in [4.69, 9.17) is 5.73 Å². The second-order valence-corrected chi connectivity index (χ2v) is 6.53. The van der Waals surface area contributed by atoms with Crippen molar-refractivity contribution in [2.24, 2.45) is 17.6 Å². The van der Waals surface area contributed by atoms with Gasteiger partial charge in [0.2, 0.25) is 0 Å². The number of unbranched alkanes of at least 4 members (excludes halogenated alkanes) is 1. The van der Waals surface area contributed by atoms with Crippen LogP contribution in [-0.4, -0.2) is 11.8 Å². The van der Waals surface area contributed by atoms with Gasteiger partial charge >= 0.3 is 0 Å². The first-order valence-corrected chi connectivity index (χ1v) is 8.79. The molecule has 1 nitrogen and oxygen atoms in total. The number of rotatable bonds is 3. The van der Waals surface area contributed by atoms with Crippen LogP contribution in [0.2, 0.25) is 0 Å². The third-order valence-corrected chi connectivity index (χ3v) is 4.96. The molecule has 0 heterocycles. The van der Waals surface area contributed by atoms with Gasteiger partial charge in [-0.1, -0.05) is 58.3 Å². The fraction of sp³-hybridized carbons (Fsp3) is 1.00. The van der Waals surface area contributed by atoms with E-state index in [1.54, 1.807) is 0 Å². The zero-order valence-corrected chi connectivity index (χ0v) is 13.1. The molecule has 0 radical (unpaired) electrons. The molecule has 2 rings (SSSR count). The Labute approximate surface area is 120 Å². The van der Waals surface area contributed by atoms with Crippen LogP contribution in [0.5, 0.6) is 0 Å². The second-order valence-electron chi connectivity index (χ2n) is 6.09. The molecule has 0 saturated heterocycles. The second kappa shape index (κ2) is 10.1. The van der Waals surface area contributed by atoms with Crippen LogP contribution < -0.4 is 5.73 Å². The summed E-state index contributed by atoms with van der Waals surface area (Å²) in [6.07, 6.45) is 15.4. The Morgan fingerprint density at radius 2 is 1.56 bits per heavy atom. The maximum Gasteiger partial charge on any atom is 0.00698 e. The van der Waals surface area contributed by atoms with Crippen molar-refractivity contribution in [1.82, 2.24) is 0 Å². The minimum atomic E-state index is 0.539. The molecule has 2 unspecified atom stereocenters. The van der Waals surface area contributed by atoms with Crippen LogP contribution in [0.4, 0.5) is 0 Å². The van der Waals surface area contributed by atoms with Gasteiger partial charge in [-0.2, -0.15) is 12.6 Å². The Balaban J connectivity index is 0.000000280. The van der Waals surface area contributed by atoms with E-state index in [1.807, 2.05) is 0 Å². The fourth-order valence-electron chi connectivity index (χ4n) is 3.49. The Hall–Kier alpha value is 0.310. The van der Waals surface area contributed by atoms with Crippen molar-refractivity contribution in [1.29, 1.82) is 0 Å². The number of thiol groups is 1. The van der Waals surface area contributed by atoms with E-state index in [0.29, 0.717) is 6.04 Å². The van der Waals surface area contributed by atoms with Crippen molar-refractivity contribution >= 4 is 12.6 Å². The third-order valence-electron chi connectivity index (χ3n) is 4.64. The van der Waals surface area contributed by atoms with Crippen LogP contribution in [0.1, 0.15) is 77.6 Å². The molecule has 18 heavy (non-hydrogen) atoms. The lowest BCUT2D eigenvalue weighted by molar-refractivity contribution is 0.171. The normalized spacial score (nSPS) is 29.5. The van der Waals surface area contributed by atoms with Gasteiger partial charge in [-0.25, -0.2) is 0 Å². The molecule has 0 bridgehead atoms. The Kier molecular flexibility index (Phi) is 9.22. The molecule has 2 saturated carbocycles. The number of hydrogen-bond donors (Lipinski definition) is 2. The Bertz CT molecular complexity index is 188. The summed E-state index contributed by atoms with van der Waals surface area (Å²) in [5, 5.41) is 0. The predicted octanol–water partition coefficient (Wildman–Crippen LogP) is 4.80. The smallest absolute Gasteiger partial charge is 0.00698 e. The molecule has 2 N–H and O–H groups in total. The molecule has 0 aromatic rings. The van der Waals surface area contributed by atoms with E-state index >= 15 is 0 Å². The molecule has 2 atom stereocenters. The summed E-state index contributed by atoms with van der Waals surface area (Å²) in [6.45, 7) is 2.16. The minimum absolute atomic E-state index is 0.539. The highest BCUT2D eigenvalue weighted by Gasteiger charge is 2.29. The highest BCUT2D eigenvalue weighted by Crippen LogP contribution is 2.37. The van der Waals surface area contributed by atoms with E-state index in [1.165, 1.54) is 70.6 Å². The number of nitrogens with two attached hydrogens (primary N) is 1. The highest BCUT2D eigenvalue weighted by molar-refractivity contribution is 7.80. The first kappa shape index (κ1) is 16.4. The molecule has 0 aliphatic heterocycles. The average Bonchev–Trinajstić information content (AvgIpc) is 2.42. The molecule has 2 fully saturated rings. The Morgan fingerprint density at radius 3 is 2.06 bits per heavy atom. The zero-order chi connectivity index (χ0) is 13.2. The molecule has 2 aliphatic carbocycles. The third kappa shape index (κ3) is 5.97. The van der Waals surface area contributed by atoms with Crippen LogP contribution in [0.3, 0.4) is 0 Å². The summed E-state index contributed by atoms with van der Waals surface area (Å²) in [6, 6.07) is 0.539. The maximum absolute atomic E-state index is 6.21. The van der Waals surface area contributed by atoms with Gasteiger partial charge in [0.1, 0.15) is 0 Å². The molecule has 0 aromatic heterocycles. The molecule has 0 spiro atoms. The minimum Gasteiger partial charge on any atom is -0.327 e. The molecule has 0 aromatic carbocycles. The maximum atomic E-state index is 6.21. The zero-order valence-electron chi connectivity index (χ0n) is 12.2.